The minimum atomic E-state index is 0.559. The van der Waals surface area contributed by atoms with Crippen molar-refractivity contribution in [3.63, 3.8) is 0 Å². The molecule has 2 heteroatoms. The van der Waals surface area contributed by atoms with Crippen molar-refractivity contribution in [3.05, 3.63) is 161 Å². The van der Waals surface area contributed by atoms with Crippen LogP contribution in [0.15, 0.2) is 139 Å². The largest absolute Gasteiger partial charge is 0.341 e. The van der Waals surface area contributed by atoms with Crippen LogP contribution in [-0.4, -0.2) is 9.13 Å². The first-order valence-corrected chi connectivity index (χ1v) is 18.7. The third kappa shape index (κ3) is 4.92. The average Bonchev–Trinajstić information content (AvgIpc) is 3.71. The molecule has 0 saturated carbocycles. The van der Waals surface area contributed by atoms with Crippen molar-refractivity contribution in [2.45, 2.75) is 63.8 Å². The van der Waals surface area contributed by atoms with E-state index in [1.165, 1.54) is 96.2 Å². The molecule has 0 radical (unpaired) electrons. The van der Waals surface area contributed by atoms with Crippen molar-refractivity contribution < 1.29 is 0 Å². The van der Waals surface area contributed by atoms with Crippen LogP contribution in [0.5, 0.6) is 0 Å². The molecule has 4 aromatic carbocycles. The maximum Gasteiger partial charge on any atom is 0.0538 e. The van der Waals surface area contributed by atoms with Gasteiger partial charge in [-0.25, -0.2) is 0 Å². The monoisotopic (exact) mass is 646 g/mol. The lowest BCUT2D eigenvalue weighted by atomic mass is 9.87. The molecule has 1 atom stereocenters. The minimum absolute atomic E-state index is 0.559. The first-order chi connectivity index (χ1) is 24.8. The Morgan fingerprint density at radius 1 is 0.540 bits per heavy atom. The fourth-order valence-corrected chi connectivity index (χ4v) is 9.17. The van der Waals surface area contributed by atoms with E-state index in [2.05, 4.69) is 149 Å². The molecule has 0 spiro atoms. The number of aromatic nitrogens is 2. The first kappa shape index (κ1) is 29.6. The molecule has 6 aromatic rings. The topological polar surface area (TPSA) is 9.86 Å². The van der Waals surface area contributed by atoms with Gasteiger partial charge in [-0.1, -0.05) is 97.1 Å². The van der Waals surface area contributed by atoms with Crippen molar-refractivity contribution in [2.24, 2.45) is 0 Å². The molecule has 244 valence electrons. The van der Waals surface area contributed by atoms with E-state index in [1.807, 2.05) is 0 Å². The van der Waals surface area contributed by atoms with Crippen molar-refractivity contribution >= 4 is 34.0 Å². The van der Waals surface area contributed by atoms with Crippen LogP contribution in [0.2, 0.25) is 0 Å². The number of hydrogen-bond donors (Lipinski definition) is 0. The number of rotatable bonds is 5. The number of hydrogen-bond acceptors (Lipinski definition) is 0. The number of nitrogens with zero attached hydrogens (tertiary/aromatic N) is 2. The van der Waals surface area contributed by atoms with E-state index in [0.717, 1.165) is 44.9 Å². The molecule has 2 aromatic heterocycles. The maximum absolute atomic E-state index is 2.70. The summed E-state index contributed by atoms with van der Waals surface area (Å²) in [5, 5.41) is 2.75. The van der Waals surface area contributed by atoms with E-state index in [9.17, 15) is 0 Å². The van der Waals surface area contributed by atoms with Crippen LogP contribution >= 0.6 is 0 Å². The molecular weight excluding hydrogens is 605 g/mol. The van der Waals surface area contributed by atoms with Gasteiger partial charge in [0, 0.05) is 50.5 Å². The van der Waals surface area contributed by atoms with Crippen LogP contribution in [0.1, 0.15) is 73.5 Å². The second kappa shape index (κ2) is 12.2. The first-order valence-electron chi connectivity index (χ1n) is 18.7. The summed E-state index contributed by atoms with van der Waals surface area (Å²) in [6.45, 7) is 0. The van der Waals surface area contributed by atoms with E-state index < -0.39 is 0 Å². The van der Waals surface area contributed by atoms with E-state index in [4.69, 9.17) is 0 Å². The standard InChI is InChI=1S/C48H42N2/c1-4-12-33(13-5-1)35-20-25-40(26-21-35)50-47-27-22-36(34-14-6-2-7-15-34)30-43(47)44-32-38(24-29-48(44)50)37-23-28-46-42(31-37)41-18-10-11-19-45(41)49(46)39-16-8-3-9-17-39/h1-6,8,10,12-14,18,20-21,23-26,28-32,39H,7,9,11,15-17,19,22,27H2. The Kier molecular flexibility index (Phi) is 7.22. The Hall–Kier alpha value is -5.34. The molecule has 10 rings (SSSR count). The summed E-state index contributed by atoms with van der Waals surface area (Å²) in [6.07, 6.45) is 29.1. The Bertz CT molecular complexity index is 2440. The SMILES string of the molecule is C1=CCCC(C2=Cc3c(n(-c4ccc(-c5ccccc5)cc4)c4ccc(-c5ccc6c(c5)c5c(n6C6CC=CCC6)CCC=C5)cc34)CC2)=C1. The molecule has 1 unspecified atom stereocenters. The molecule has 50 heavy (non-hydrogen) atoms. The lowest BCUT2D eigenvalue weighted by molar-refractivity contribution is 0.460. The molecule has 4 aliphatic rings. The molecule has 0 fully saturated rings. The molecule has 2 heterocycles. The van der Waals surface area contributed by atoms with E-state index in [1.54, 1.807) is 0 Å². The average molecular weight is 647 g/mol. The predicted octanol–water partition coefficient (Wildman–Crippen LogP) is 12.8. The van der Waals surface area contributed by atoms with Gasteiger partial charge in [-0.3, -0.25) is 0 Å². The summed E-state index contributed by atoms with van der Waals surface area (Å²) in [7, 11) is 0. The smallest absolute Gasteiger partial charge is 0.0538 e. The van der Waals surface area contributed by atoms with Crippen molar-refractivity contribution in [3.8, 4) is 27.9 Å². The summed E-state index contributed by atoms with van der Waals surface area (Å²) in [5.74, 6) is 0. The fraction of sp³-hybridized carbons (Fsp3) is 0.208. The van der Waals surface area contributed by atoms with Gasteiger partial charge in [0.25, 0.3) is 0 Å². The van der Waals surface area contributed by atoms with Gasteiger partial charge in [-0.05, 0) is 134 Å². The van der Waals surface area contributed by atoms with Crippen LogP contribution < -0.4 is 0 Å². The van der Waals surface area contributed by atoms with Crippen LogP contribution in [0.4, 0.5) is 0 Å². The van der Waals surface area contributed by atoms with Crippen molar-refractivity contribution in [1.29, 1.82) is 0 Å². The number of allylic oxidation sites excluding steroid dienone is 8. The molecule has 0 N–H and O–H groups in total. The van der Waals surface area contributed by atoms with Gasteiger partial charge >= 0.3 is 0 Å². The van der Waals surface area contributed by atoms with Crippen LogP contribution in [0.25, 0.3) is 61.9 Å². The second-order valence-electron chi connectivity index (χ2n) is 14.5. The predicted molar refractivity (Wildman–Crippen MR) is 212 cm³/mol. The molecule has 0 aliphatic heterocycles. The zero-order valence-electron chi connectivity index (χ0n) is 28.6. The van der Waals surface area contributed by atoms with Gasteiger partial charge in [-0.15, -0.1) is 0 Å². The molecular formula is C48H42N2. The quantitative estimate of drug-likeness (QED) is 0.165. The fourth-order valence-electron chi connectivity index (χ4n) is 9.17. The highest BCUT2D eigenvalue weighted by atomic mass is 15.0. The third-order valence-corrected chi connectivity index (χ3v) is 11.6. The van der Waals surface area contributed by atoms with Gasteiger partial charge in [0.1, 0.15) is 0 Å². The second-order valence-corrected chi connectivity index (χ2v) is 14.5. The van der Waals surface area contributed by atoms with Crippen molar-refractivity contribution in [2.75, 3.05) is 0 Å². The summed E-state index contributed by atoms with van der Waals surface area (Å²) in [4.78, 5) is 0. The Morgan fingerprint density at radius 2 is 1.30 bits per heavy atom. The lowest BCUT2D eigenvalue weighted by Crippen LogP contribution is -2.14. The van der Waals surface area contributed by atoms with Crippen LogP contribution in [-0.2, 0) is 12.8 Å². The van der Waals surface area contributed by atoms with E-state index >= 15 is 0 Å². The van der Waals surface area contributed by atoms with Crippen molar-refractivity contribution in [1.82, 2.24) is 9.13 Å². The van der Waals surface area contributed by atoms with Gasteiger partial charge in [-0.2, -0.15) is 0 Å². The van der Waals surface area contributed by atoms with Crippen LogP contribution in [0.3, 0.4) is 0 Å². The molecule has 0 bridgehead atoms. The Balaban J connectivity index is 1.12. The zero-order chi connectivity index (χ0) is 33.0. The minimum Gasteiger partial charge on any atom is -0.341 e. The molecule has 0 amide bonds. The summed E-state index contributed by atoms with van der Waals surface area (Å²) < 4.78 is 5.24. The highest BCUT2D eigenvalue weighted by Crippen LogP contribution is 2.42. The highest BCUT2D eigenvalue weighted by molar-refractivity contribution is 5.99. The summed E-state index contributed by atoms with van der Waals surface area (Å²) in [5.41, 5.74) is 17.8. The van der Waals surface area contributed by atoms with Gasteiger partial charge in [0.05, 0.1) is 5.52 Å². The molecule has 4 aliphatic carbocycles. The van der Waals surface area contributed by atoms with Gasteiger partial charge in [0.15, 0.2) is 0 Å². The molecule has 0 saturated heterocycles. The Labute approximate surface area is 295 Å². The van der Waals surface area contributed by atoms with Crippen LogP contribution in [0, 0.1) is 0 Å². The number of benzene rings is 4. The molecule has 2 nitrogen and oxygen atoms in total. The maximum atomic E-state index is 2.70. The number of fused-ring (bicyclic) bond motifs is 6. The van der Waals surface area contributed by atoms with E-state index in [0.29, 0.717) is 6.04 Å². The van der Waals surface area contributed by atoms with E-state index in [-0.39, 0.29) is 0 Å². The Morgan fingerprint density at radius 3 is 2.08 bits per heavy atom. The normalized spacial score (nSPS) is 18.3. The van der Waals surface area contributed by atoms with Gasteiger partial charge in [0.2, 0.25) is 0 Å². The lowest BCUT2D eigenvalue weighted by Gasteiger charge is -2.24. The zero-order valence-corrected chi connectivity index (χ0v) is 28.6. The van der Waals surface area contributed by atoms with Gasteiger partial charge < -0.3 is 9.13 Å². The summed E-state index contributed by atoms with van der Waals surface area (Å²) in [6, 6.07) is 34.9. The summed E-state index contributed by atoms with van der Waals surface area (Å²) >= 11 is 0. The highest BCUT2D eigenvalue weighted by Gasteiger charge is 2.25. The third-order valence-electron chi connectivity index (χ3n) is 11.6.